The average Bonchev–Trinajstić information content (AvgIpc) is 2.53. The molecule has 4 nitrogen and oxygen atoms in total. The summed E-state index contributed by atoms with van der Waals surface area (Å²) in [5.41, 5.74) is 0. The summed E-state index contributed by atoms with van der Waals surface area (Å²) in [4.78, 5) is 21.1. The smallest absolute Gasteiger partial charge is 0.385 e. The van der Waals surface area contributed by atoms with Gasteiger partial charge in [0.25, 0.3) is 0 Å². The Morgan fingerprint density at radius 2 is 2.00 bits per heavy atom. The van der Waals surface area contributed by atoms with E-state index in [0.29, 0.717) is 19.4 Å². The van der Waals surface area contributed by atoms with Gasteiger partial charge < -0.3 is 10.1 Å². The lowest BCUT2D eigenvalue weighted by molar-refractivity contribution is -0.202. The van der Waals surface area contributed by atoms with Crippen LogP contribution in [0.2, 0.25) is 0 Å². The van der Waals surface area contributed by atoms with Crippen molar-refractivity contribution in [3.05, 3.63) is 0 Å². The fourth-order valence-electron chi connectivity index (χ4n) is 1.11. The van der Waals surface area contributed by atoms with E-state index >= 15 is 0 Å². The van der Waals surface area contributed by atoms with E-state index in [1.807, 2.05) is 0 Å². The second kappa shape index (κ2) is 3.95. The van der Waals surface area contributed by atoms with E-state index in [0.717, 1.165) is 0 Å². The Morgan fingerprint density at radius 1 is 1.36 bits per heavy atom. The number of esters is 2. The lowest BCUT2D eigenvalue weighted by Gasteiger charge is -2.09. The summed E-state index contributed by atoms with van der Waals surface area (Å²) in [5, 5.41) is 2.62. The topological polar surface area (TPSA) is 55.4 Å². The number of ether oxygens (including phenoxy) is 1. The normalized spacial score (nSPS) is 22.1. The van der Waals surface area contributed by atoms with Crippen molar-refractivity contribution in [3.8, 4) is 0 Å². The molecule has 1 aliphatic rings. The van der Waals surface area contributed by atoms with Crippen molar-refractivity contribution in [2.75, 3.05) is 6.54 Å². The number of hydrogen-bond donors (Lipinski definition) is 1. The zero-order chi connectivity index (χ0) is 10.8. The van der Waals surface area contributed by atoms with Gasteiger partial charge in [0.2, 0.25) is 0 Å². The van der Waals surface area contributed by atoms with Crippen LogP contribution in [0.25, 0.3) is 0 Å². The standard InChI is InChI=1S/C7H8F3NO3/c8-7(9,10)6(13)14-5(12)4-2-1-3-11-4/h4,11H,1-3H2. The van der Waals surface area contributed by atoms with Crippen LogP contribution >= 0.6 is 0 Å². The van der Waals surface area contributed by atoms with Gasteiger partial charge in [-0.1, -0.05) is 0 Å². The molecule has 7 heteroatoms. The van der Waals surface area contributed by atoms with Gasteiger partial charge in [-0.15, -0.1) is 0 Å². The molecule has 1 saturated heterocycles. The molecule has 0 aliphatic carbocycles. The largest absolute Gasteiger partial charge is 0.491 e. The van der Waals surface area contributed by atoms with Crippen molar-refractivity contribution < 1.29 is 27.5 Å². The van der Waals surface area contributed by atoms with E-state index in [1.165, 1.54) is 0 Å². The molecule has 1 aliphatic heterocycles. The summed E-state index contributed by atoms with van der Waals surface area (Å²) >= 11 is 0. The highest BCUT2D eigenvalue weighted by Crippen LogP contribution is 2.17. The Balaban J connectivity index is 2.44. The first-order valence-electron chi connectivity index (χ1n) is 3.97. The van der Waals surface area contributed by atoms with Crippen LogP contribution in [0.15, 0.2) is 0 Å². The van der Waals surface area contributed by atoms with E-state index in [9.17, 15) is 22.8 Å². The predicted octanol–water partition coefficient (Wildman–Crippen LogP) is 0.370. The highest BCUT2D eigenvalue weighted by molar-refractivity contribution is 5.91. The van der Waals surface area contributed by atoms with Gasteiger partial charge in [-0.25, -0.2) is 9.59 Å². The molecule has 1 heterocycles. The van der Waals surface area contributed by atoms with Crippen LogP contribution in [0.5, 0.6) is 0 Å². The Hall–Kier alpha value is -1.11. The van der Waals surface area contributed by atoms with Gasteiger partial charge in [0, 0.05) is 0 Å². The van der Waals surface area contributed by atoms with Crippen LogP contribution in [0, 0.1) is 0 Å². The monoisotopic (exact) mass is 211 g/mol. The SMILES string of the molecule is O=C(OC(=O)C(F)(F)F)C1CCCN1. The van der Waals surface area contributed by atoms with Crippen LogP contribution < -0.4 is 5.32 Å². The van der Waals surface area contributed by atoms with Crippen molar-refractivity contribution in [1.82, 2.24) is 5.32 Å². The second-order valence-corrected chi connectivity index (χ2v) is 2.86. The van der Waals surface area contributed by atoms with Crippen LogP contribution in [0.3, 0.4) is 0 Å². The highest BCUT2D eigenvalue weighted by Gasteiger charge is 2.43. The second-order valence-electron chi connectivity index (χ2n) is 2.86. The van der Waals surface area contributed by atoms with Crippen LogP contribution in [-0.4, -0.2) is 30.7 Å². The number of nitrogens with one attached hydrogen (secondary N) is 1. The fraction of sp³-hybridized carbons (Fsp3) is 0.714. The van der Waals surface area contributed by atoms with Crippen molar-refractivity contribution in [3.63, 3.8) is 0 Å². The number of halogens is 3. The highest BCUT2D eigenvalue weighted by atomic mass is 19.4. The van der Waals surface area contributed by atoms with E-state index in [-0.39, 0.29) is 0 Å². The molecule has 0 spiro atoms. The molecule has 0 saturated carbocycles. The number of carbonyl (C=O) groups excluding carboxylic acids is 2. The Kier molecular flexibility index (Phi) is 3.10. The quantitative estimate of drug-likeness (QED) is 0.503. The van der Waals surface area contributed by atoms with Crippen LogP contribution in [0.4, 0.5) is 13.2 Å². The summed E-state index contributed by atoms with van der Waals surface area (Å²) in [6.07, 6.45) is -4.04. The lowest BCUT2D eigenvalue weighted by atomic mass is 10.2. The Labute approximate surface area is 77.4 Å². The number of hydrogen-bond acceptors (Lipinski definition) is 4. The predicted molar refractivity (Wildman–Crippen MR) is 38.2 cm³/mol. The molecular formula is C7H8F3NO3. The summed E-state index contributed by atoms with van der Waals surface area (Å²) in [5.74, 6) is -3.62. The van der Waals surface area contributed by atoms with Gasteiger partial charge in [0.05, 0.1) is 0 Å². The lowest BCUT2D eigenvalue weighted by Crippen LogP contribution is -2.37. The molecule has 0 radical (unpaired) electrons. The molecule has 1 unspecified atom stereocenters. The molecule has 1 fully saturated rings. The maximum atomic E-state index is 11.6. The van der Waals surface area contributed by atoms with Gasteiger partial charge >= 0.3 is 18.1 Å². The van der Waals surface area contributed by atoms with E-state index in [4.69, 9.17) is 0 Å². The number of carbonyl (C=O) groups is 2. The molecule has 1 N–H and O–H groups in total. The van der Waals surface area contributed by atoms with Gasteiger partial charge in [-0.05, 0) is 19.4 Å². The fourth-order valence-corrected chi connectivity index (χ4v) is 1.11. The third kappa shape index (κ3) is 2.69. The van der Waals surface area contributed by atoms with Crippen molar-refractivity contribution >= 4 is 11.9 Å². The zero-order valence-corrected chi connectivity index (χ0v) is 7.06. The molecule has 1 atom stereocenters. The zero-order valence-electron chi connectivity index (χ0n) is 7.06. The van der Waals surface area contributed by atoms with E-state index < -0.39 is 24.2 Å². The molecule has 80 valence electrons. The van der Waals surface area contributed by atoms with Crippen LogP contribution in [0.1, 0.15) is 12.8 Å². The average molecular weight is 211 g/mol. The van der Waals surface area contributed by atoms with E-state index in [1.54, 1.807) is 0 Å². The first-order chi connectivity index (χ1) is 6.41. The molecule has 0 bridgehead atoms. The third-order valence-electron chi connectivity index (χ3n) is 1.77. The van der Waals surface area contributed by atoms with Crippen molar-refractivity contribution in [1.29, 1.82) is 0 Å². The summed E-state index contributed by atoms with van der Waals surface area (Å²) in [6, 6.07) is -0.790. The molecule has 0 aromatic rings. The molecular weight excluding hydrogens is 203 g/mol. The third-order valence-corrected chi connectivity index (χ3v) is 1.77. The van der Waals surface area contributed by atoms with Gasteiger partial charge in [-0.2, -0.15) is 13.2 Å². The van der Waals surface area contributed by atoms with E-state index in [2.05, 4.69) is 10.1 Å². The van der Waals surface area contributed by atoms with Crippen molar-refractivity contribution in [2.24, 2.45) is 0 Å². The maximum absolute atomic E-state index is 11.6. The minimum atomic E-state index is -5.12. The summed E-state index contributed by atoms with van der Waals surface area (Å²) in [6.45, 7) is 0.542. The minimum absolute atomic E-state index is 0.393. The summed E-state index contributed by atoms with van der Waals surface area (Å²) < 4.78 is 38.6. The number of rotatable bonds is 1. The molecule has 0 aromatic carbocycles. The van der Waals surface area contributed by atoms with Crippen molar-refractivity contribution in [2.45, 2.75) is 25.1 Å². The minimum Gasteiger partial charge on any atom is -0.385 e. The number of alkyl halides is 3. The molecule has 1 rings (SSSR count). The first-order valence-corrected chi connectivity index (χ1v) is 3.97. The van der Waals surface area contributed by atoms with Crippen LogP contribution in [-0.2, 0) is 14.3 Å². The Bertz CT molecular complexity index is 245. The molecule has 0 aromatic heterocycles. The maximum Gasteiger partial charge on any atom is 0.491 e. The molecule has 0 amide bonds. The Morgan fingerprint density at radius 3 is 2.43 bits per heavy atom. The van der Waals surface area contributed by atoms with Gasteiger partial charge in [0.15, 0.2) is 0 Å². The first kappa shape index (κ1) is 11.0. The van der Waals surface area contributed by atoms with Gasteiger partial charge in [0.1, 0.15) is 6.04 Å². The summed E-state index contributed by atoms with van der Waals surface area (Å²) in [7, 11) is 0. The van der Waals surface area contributed by atoms with Gasteiger partial charge in [-0.3, -0.25) is 0 Å². The molecule has 14 heavy (non-hydrogen) atoms.